The lowest BCUT2D eigenvalue weighted by Crippen LogP contribution is -2.41. The van der Waals surface area contributed by atoms with E-state index in [4.69, 9.17) is 4.98 Å². The van der Waals surface area contributed by atoms with Gasteiger partial charge in [0.2, 0.25) is 0 Å². The van der Waals surface area contributed by atoms with Crippen LogP contribution in [0.15, 0.2) is 52.4 Å². The van der Waals surface area contributed by atoms with E-state index in [0.29, 0.717) is 36.5 Å². The Bertz CT molecular complexity index is 1440. The number of sulfonamides is 1. The zero-order valence-corrected chi connectivity index (χ0v) is 20.3. The molecular weight excluding hydrogens is 470 g/mol. The van der Waals surface area contributed by atoms with Crippen LogP contribution in [0, 0.1) is 5.92 Å². The molecule has 35 heavy (non-hydrogen) atoms. The zero-order valence-electron chi connectivity index (χ0n) is 19.5. The summed E-state index contributed by atoms with van der Waals surface area (Å²) in [5.41, 5.74) is -0.466. The zero-order chi connectivity index (χ0) is 24.8. The van der Waals surface area contributed by atoms with Crippen LogP contribution in [-0.4, -0.2) is 52.7 Å². The number of nitrogens with zero attached hydrogens (tertiary/aromatic N) is 4. The first-order valence-electron chi connectivity index (χ1n) is 11.5. The normalized spacial score (nSPS) is 21.3. The van der Waals surface area contributed by atoms with Crippen molar-refractivity contribution in [2.75, 3.05) is 23.3 Å². The number of amides is 1. The minimum atomic E-state index is -4.22. The average Bonchev–Trinajstić information content (AvgIpc) is 3.37. The van der Waals surface area contributed by atoms with Crippen LogP contribution in [0.1, 0.15) is 43.5 Å². The first-order chi connectivity index (χ1) is 16.6. The van der Waals surface area contributed by atoms with Crippen LogP contribution < -0.4 is 20.5 Å². The summed E-state index contributed by atoms with van der Waals surface area (Å²) in [6.07, 6.45) is 4.29. The average molecular weight is 498 g/mol. The second kappa shape index (κ2) is 8.52. The van der Waals surface area contributed by atoms with Gasteiger partial charge in [-0.1, -0.05) is 6.07 Å². The van der Waals surface area contributed by atoms with Gasteiger partial charge >= 0.3 is 0 Å². The quantitative estimate of drug-likeness (QED) is 0.463. The number of anilines is 2. The van der Waals surface area contributed by atoms with Crippen molar-refractivity contribution in [2.45, 2.75) is 43.7 Å². The fourth-order valence-corrected chi connectivity index (χ4v) is 5.81. The van der Waals surface area contributed by atoms with Crippen molar-refractivity contribution < 1.29 is 13.2 Å². The maximum absolute atomic E-state index is 13.3. The topological polar surface area (TPSA) is 142 Å². The summed E-state index contributed by atoms with van der Waals surface area (Å²) in [6, 6.07) is 9.11. The molecule has 1 saturated heterocycles. The SMILES string of the molecule is CC1(C)CC2CCCNc3cccc(n3)S(=O)(=O)NC(=O)c3ccc(-n4ccc(=O)[nH]4)nc3N1C2. The van der Waals surface area contributed by atoms with Crippen molar-refractivity contribution in [1.29, 1.82) is 0 Å². The Kier molecular flexibility index (Phi) is 5.62. The van der Waals surface area contributed by atoms with E-state index >= 15 is 0 Å². The second-order valence-corrected chi connectivity index (χ2v) is 11.2. The van der Waals surface area contributed by atoms with Crippen LogP contribution in [0.2, 0.25) is 0 Å². The highest BCUT2D eigenvalue weighted by molar-refractivity contribution is 7.90. The summed E-state index contributed by atoms with van der Waals surface area (Å²) in [5.74, 6) is 0.794. The highest BCUT2D eigenvalue weighted by atomic mass is 32.2. The Balaban J connectivity index is 1.63. The molecule has 0 aliphatic carbocycles. The predicted molar refractivity (Wildman–Crippen MR) is 130 cm³/mol. The van der Waals surface area contributed by atoms with Crippen molar-refractivity contribution in [3.63, 3.8) is 0 Å². The third-order valence-corrected chi connectivity index (χ3v) is 7.73. The molecule has 1 amide bonds. The first-order valence-corrected chi connectivity index (χ1v) is 13.0. The van der Waals surface area contributed by atoms with Crippen molar-refractivity contribution >= 4 is 27.6 Å². The molecule has 1 atom stereocenters. The molecule has 0 radical (unpaired) electrons. The van der Waals surface area contributed by atoms with E-state index in [1.165, 1.54) is 22.9 Å². The molecule has 5 heterocycles. The molecule has 5 rings (SSSR count). The van der Waals surface area contributed by atoms with Gasteiger partial charge in [-0.15, -0.1) is 0 Å². The van der Waals surface area contributed by atoms with Crippen LogP contribution in [0.3, 0.4) is 0 Å². The predicted octanol–water partition coefficient (Wildman–Crippen LogP) is 1.88. The van der Waals surface area contributed by atoms with E-state index in [-0.39, 0.29) is 21.7 Å². The van der Waals surface area contributed by atoms with Gasteiger partial charge in [0.15, 0.2) is 10.8 Å². The van der Waals surface area contributed by atoms with E-state index < -0.39 is 15.9 Å². The number of H-pyrrole nitrogens is 1. The Morgan fingerprint density at radius 1 is 1.09 bits per heavy atom. The van der Waals surface area contributed by atoms with E-state index in [1.54, 1.807) is 24.4 Å². The lowest BCUT2D eigenvalue weighted by atomic mass is 9.93. The highest BCUT2D eigenvalue weighted by Gasteiger charge is 2.41. The molecule has 184 valence electrons. The number of hydrogen-bond acceptors (Lipinski definition) is 8. The fourth-order valence-electron chi connectivity index (χ4n) is 4.88. The van der Waals surface area contributed by atoms with Gasteiger partial charge in [0.1, 0.15) is 11.6 Å². The standard InChI is InChI=1S/C23H27N7O4S/c1-23(2)13-15-5-4-11-24-17-6-3-7-20(25-17)35(33,34)28-22(32)16-8-9-18(26-21(16)29(23)14-15)30-12-10-19(31)27-30/h3,6-10,12,15H,4-5,11,13-14H2,1-2H3,(H,24,25)(H,27,31)(H,28,32). The smallest absolute Gasteiger partial charge is 0.281 e. The van der Waals surface area contributed by atoms with Crippen molar-refractivity contribution in [3.8, 4) is 5.82 Å². The minimum absolute atomic E-state index is 0.129. The second-order valence-electron chi connectivity index (χ2n) is 9.56. The van der Waals surface area contributed by atoms with Crippen LogP contribution in [-0.2, 0) is 10.0 Å². The maximum atomic E-state index is 13.3. The van der Waals surface area contributed by atoms with Crippen LogP contribution in [0.4, 0.5) is 11.6 Å². The van der Waals surface area contributed by atoms with Crippen molar-refractivity contribution in [2.24, 2.45) is 5.92 Å². The number of rotatable bonds is 1. The summed E-state index contributed by atoms with van der Waals surface area (Å²) >= 11 is 0. The lowest BCUT2D eigenvalue weighted by Gasteiger charge is -2.34. The Hall–Kier alpha value is -3.67. The van der Waals surface area contributed by atoms with Gasteiger partial charge in [-0.25, -0.2) is 19.4 Å². The summed E-state index contributed by atoms with van der Waals surface area (Å²) < 4.78 is 29.6. The Labute approximate surface area is 202 Å². The summed E-state index contributed by atoms with van der Waals surface area (Å²) in [5, 5.41) is 5.58. The van der Waals surface area contributed by atoms with E-state index in [9.17, 15) is 18.0 Å². The number of fused-ring (bicyclic) bond motifs is 6. The Morgan fingerprint density at radius 2 is 1.91 bits per heavy atom. The lowest BCUT2D eigenvalue weighted by molar-refractivity contribution is 0.0981. The van der Waals surface area contributed by atoms with Crippen LogP contribution in [0.5, 0.6) is 0 Å². The number of aromatic amines is 1. The Morgan fingerprint density at radius 3 is 2.69 bits per heavy atom. The summed E-state index contributed by atoms with van der Waals surface area (Å²) in [4.78, 5) is 36.0. The molecule has 1 fully saturated rings. The molecule has 0 spiro atoms. The molecule has 2 aliphatic rings. The van der Waals surface area contributed by atoms with Gasteiger partial charge in [0, 0.05) is 30.9 Å². The maximum Gasteiger partial charge on any atom is 0.281 e. The molecule has 11 nitrogen and oxygen atoms in total. The molecule has 0 saturated carbocycles. The largest absolute Gasteiger partial charge is 0.370 e. The number of pyridine rings is 2. The molecule has 2 aliphatic heterocycles. The van der Waals surface area contributed by atoms with E-state index in [1.807, 2.05) is 0 Å². The van der Waals surface area contributed by atoms with Gasteiger partial charge in [-0.3, -0.25) is 14.7 Å². The summed E-state index contributed by atoms with van der Waals surface area (Å²) in [7, 11) is -4.22. The number of carbonyl (C=O) groups is 1. The van der Waals surface area contributed by atoms with Crippen molar-refractivity contribution in [3.05, 3.63) is 58.5 Å². The molecule has 4 bridgehead atoms. The first kappa shape index (κ1) is 23.1. The number of nitrogens with one attached hydrogen (secondary N) is 3. The third-order valence-electron chi connectivity index (χ3n) is 6.49. The van der Waals surface area contributed by atoms with Gasteiger partial charge in [-0.05, 0) is 63.3 Å². The number of carbonyl (C=O) groups excluding carboxylic acids is 1. The van der Waals surface area contributed by atoms with Crippen LogP contribution >= 0.6 is 0 Å². The highest BCUT2D eigenvalue weighted by Crippen LogP contribution is 2.39. The van der Waals surface area contributed by atoms with Gasteiger partial charge < -0.3 is 10.2 Å². The number of hydrogen-bond donors (Lipinski definition) is 3. The monoisotopic (exact) mass is 497 g/mol. The summed E-state index contributed by atoms with van der Waals surface area (Å²) in [6.45, 7) is 5.51. The fraction of sp³-hybridized carbons (Fsp3) is 0.391. The third kappa shape index (κ3) is 4.53. The molecule has 0 aromatic carbocycles. The minimum Gasteiger partial charge on any atom is -0.370 e. The van der Waals surface area contributed by atoms with Crippen LogP contribution in [0.25, 0.3) is 5.82 Å². The number of aromatic nitrogens is 4. The molecule has 3 N–H and O–H groups in total. The van der Waals surface area contributed by atoms with E-state index in [0.717, 1.165) is 19.3 Å². The van der Waals surface area contributed by atoms with Crippen molar-refractivity contribution in [1.82, 2.24) is 24.5 Å². The molecular formula is C23H27N7O4S. The van der Waals surface area contributed by atoms with Gasteiger partial charge in [0.25, 0.3) is 21.5 Å². The van der Waals surface area contributed by atoms with Gasteiger partial charge in [-0.2, -0.15) is 8.42 Å². The molecule has 3 aromatic rings. The molecule has 1 unspecified atom stereocenters. The van der Waals surface area contributed by atoms with E-state index in [2.05, 4.69) is 38.9 Å². The molecule has 12 heteroatoms. The molecule has 3 aromatic heterocycles. The van der Waals surface area contributed by atoms with Gasteiger partial charge in [0.05, 0.1) is 5.56 Å².